The summed E-state index contributed by atoms with van der Waals surface area (Å²) in [5.41, 5.74) is 1.59. The Balaban J connectivity index is 1.73. The van der Waals surface area contributed by atoms with Gasteiger partial charge >= 0.3 is 5.69 Å². The van der Waals surface area contributed by atoms with Crippen LogP contribution in [-0.2, 0) is 17.9 Å². The third kappa shape index (κ3) is 4.44. The van der Waals surface area contributed by atoms with Gasteiger partial charge in [-0.3, -0.25) is 18.7 Å². The third-order valence-corrected chi connectivity index (χ3v) is 5.69. The molecule has 0 atom stereocenters. The lowest BCUT2D eigenvalue weighted by atomic mass is 10.1. The van der Waals surface area contributed by atoms with E-state index < -0.39 is 17.2 Å². The number of aryl methyl sites for hydroxylation is 1. The minimum absolute atomic E-state index is 0.0683. The van der Waals surface area contributed by atoms with Crippen molar-refractivity contribution < 1.29 is 4.79 Å². The average molecular weight is 469 g/mol. The van der Waals surface area contributed by atoms with Gasteiger partial charge in [0.05, 0.1) is 22.1 Å². The van der Waals surface area contributed by atoms with Crippen LogP contribution >= 0.6 is 23.2 Å². The zero-order chi connectivity index (χ0) is 22.8. The van der Waals surface area contributed by atoms with E-state index in [0.717, 1.165) is 15.7 Å². The first-order valence-electron chi connectivity index (χ1n) is 9.72. The molecule has 1 amide bonds. The lowest BCUT2D eigenvalue weighted by molar-refractivity contribution is -0.116. The Morgan fingerprint density at radius 2 is 1.75 bits per heavy atom. The Labute approximate surface area is 192 Å². The number of benzene rings is 2. The van der Waals surface area contributed by atoms with Crippen molar-refractivity contribution in [2.75, 3.05) is 5.32 Å². The van der Waals surface area contributed by atoms with Crippen LogP contribution in [0.25, 0.3) is 11.0 Å². The number of anilines is 1. The zero-order valence-corrected chi connectivity index (χ0v) is 18.5. The average Bonchev–Trinajstić information content (AvgIpc) is 2.78. The van der Waals surface area contributed by atoms with Gasteiger partial charge in [-0.2, -0.15) is 0 Å². The van der Waals surface area contributed by atoms with Crippen molar-refractivity contribution >= 4 is 45.8 Å². The first-order chi connectivity index (χ1) is 15.3. The molecule has 0 fully saturated rings. The summed E-state index contributed by atoms with van der Waals surface area (Å²) in [4.78, 5) is 43.1. The van der Waals surface area contributed by atoms with Crippen molar-refractivity contribution in [3.05, 3.63) is 103 Å². The third-order valence-electron chi connectivity index (χ3n) is 4.95. The van der Waals surface area contributed by atoms with Crippen molar-refractivity contribution in [1.82, 2.24) is 14.1 Å². The van der Waals surface area contributed by atoms with E-state index in [1.54, 1.807) is 24.3 Å². The maximum absolute atomic E-state index is 13.2. The molecule has 0 saturated carbocycles. The molecule has 0 unspecified atom stereocenters. The highest BCUT2D eigenvalue weighted by Gasteiger charge is 2.17. The van der Waals surface area contributed by atoms with Gasteiger partial charge in [0.2, 0.25) is 5.91 Å². The Hall–Kier alpha value is -3.42. The molecule has 0 aliphatic heterocycles. The Morgan fingerprint density at radius 3 is 2.47 bits per heavy atom. The van der Waals surface area contributed by atoms with E-state index in [1.165, 1.54) is 16.8 Å². The molecule has 1 N–H and O–H groups in total. The van der Waals surface area contributed by atoms with E-state index in [9.17, 15) is 14.4 Å². The number of nitrogens with zero attached hydrogens (tertiary/aromatic N) is 3. The molecule has 0 saturated heterocycles. The van der Waals surface area contributed by atoms with Crippen LogP contribution < -0.4 is 16.6 Å². The largest absolute Gasteiger partial charge is 0.332 e. The molecule has 0 bridgehead atoms. The second-order valence-corrected chi connectivity index (χ2v) is 8.11. The number of halogens is 2. The van der Waals surface area contributed by atoms with Crippen LogP contribution in [0.4, 0.5) is 5.69 Å². The van der Waals surface area contributed by atoms with Gasteiger partial charge in [-0.15, -0.1) is 0 Å². The fourth-order valence-electron chi connectivity index (χ4n) is 3.33. The Kier molecular flexibility index (Phi) is 6.12. The van der Waals surface area contributed by atoms with Crippen LogP contribution in [-0.4, -0.2) is 20.0 Å². The molecule has 7 nitrogen and oxygen atoms in total. The highest BCUT2D eigenvalue weighted by atomic mass is 35.5. The van der Waals surface area contributed by atoms with Crippen LogP contribution in [0.15, 0.2) is 70.4 Å². The first-order valence-corrected chi connectivity index (χ1v) is 10.5. The summed E-state index contributed by atoms with van der Waals surface area (Å²) < 4.78 is 2.33. The lowest BCUT2D eigenvalue weighted by Gasteiger charge is -2.14. The van der Waals surface area contributed by atoms with Gasteiger partial charge in [0, 0.05) is 11.9 Å². The second-order valence-electron chi connectivity index (χ2n) is 7.29. The number of fused-ring (bicyclic) bond motifs is 1. The molecular formula is C23H18Cl2N4O3. The number of hydrogen-bond donors (Lipinski definition) is 1. The Bertz CT molecular complexity index is 1440. The standard InChI is InChI=1S/C23H18Cl2N4O3/c1-14-4-6-15(7-5-14)12-29-22(31)21-19(3-2-10-26-21)28(23(29)32)13-20(30)27-16-8-9-17(24)18(25)11-16/h2-11H,12-13H2,1H3,(H,27,30). The van der Waals surface area contributed by atoms with Crippen LogP contribution in [0.2, 0.25) is 10.0 Å². The fourth-order valence-corrected chi connectivity index (χ4v) is 3.63. The van der Waals surface area contributed by atoms with Gasteiger partial charge < -0.3 is 5.32 Å². The van der Waals surface area contributed by atoms with E-state index in [2.05, 4.69) is 10.3 Å². The molecule has 4 rings (SSSR count). The predicted octanol–water partition coefficient (Wildman–Crippen LogP) is 3.86. The van der Waals surface area contributed by atoms with Crippen LogP contribution in [0.5, 0.6) is 0 Å². The summed E-state index contributed by atoms with van der Waals surface area (Å²) in [6, 6.07) is 15.4. The van der Waals surface area contributed by atoms with Crippen molar-refractivity contribution in [3.63, 3.8) is 0 Å². The van der Waals surface area contributed by atoms with Gasteiger partial charge in [-0.05, 0) is 42.8 Å². The topological polar surface area (TPSA) is 86.0 Å². The van der Waals surface area contributed by atoms with Crippen molar-refractivity contribution in [1.29, 1.82) is 0 Å². The van der Waals surface area contributed by atoms with Crippen molar-refractivity contribution in [3.8, 4) is 0 Å². The quantitative estimate of drug-likeness (QED) is 0.481. The summed E-state index contributed by atoms with van der Waals surface area (Å²) in [5, 5.41) is 3.35. The number of nitrogens with one attached hydrogen (secondary N) is 1. The maximum atomic E-state index is 13.2. The Morgan fingerprint density at radius 1 is 1.00 bits per heavy atom. The van der Waals surface area contributed by atoms with E-state index in [1.807, 2.05) is 31.2 Å². The van der Waals surface area contributed by atoms with Gasteiger partial charge in [0.1, 0.15) is 6.54 Å². The van der Waals surface area contributed by atoms with Gasteiger partial charge in [0.15, 0.2) is 5.52 Å². The van der Waals surface area contributed by atoms with Crippen LogP contribution in [0.3, 0.4) is 0 Å². The predicted molar refractivity (Wildman–Crippen MR) is 126 cm³/mol. The summed E-state index contributed by atoms with van der Waals surface area (Å²) in [7, 11) is 0. The first kappa shape index (κ1) is 21.8. The molecular weight excluding hydrogens is 451 g/mol. The molecule has 4 aromatic rings. The number of rotatable bonds is 5. The molecule has 0 aliphatic rings. The minimum Gasteiger partial charge on any atom is -0.324 e. The van der Waals surface area contributed by atoms with Gasteiger partial charge in [-0.1, -0.05) is 53.0 Å². The SMILES string of the molecule is Cc1ccc(Cn2c(=O)c3ncccc3n(CC(=O)Nc3ccc(Cl)c(Cl)c3)c2=O)cc1. The molecule has 9 heteroatoms. The van der Waals surface area contributed by atoms with Crippen molar-refractivity contribution in [2.24, 2.45) is 0 Å². The number of carbonyl (C=O) groups excluding carboxylic acids is 1. The molecule has 0 aliphatic carbocycles. The number of amides is 1. The summed E-state index contributed by atoms with van der Waals surface area (Å²) >= 11 is 11.9. The molecule has 0 radical (unpaired) electrons. The number of aromatic nitrogens is 3. The van der Waals surface area contributed by atoms with Crippen molar-refractivity contribution in [2.45, 2.75) is 20.0 Å². The van der Waals surface area contributed by atoms with Gasteiger partial charge in [-0.25, -0.2) is 9.78 Å². The fraction of sp³-hybridized carbons (Fsp3) is 0.130. The van der Waals surface area contributed by atoms with E-state index in [0.29, 0.717) is 15.7 Å². The van der Waals surface area contributed by atoms with Gasteiger partial charge in [0.25, 0.3) is 5.56 Å². The van der Waals surface area contributed by atoms with Crippen LogP contribution in [0, 0.1) is 6.92 Å². The molecule has 2 aromatic heterocycles. The normalized spacial score (nSPS) is 11.0. The molecule has 162 valence electrons. The summed E-state index contributed by atoms with van der Waals surface area (Å²) in [6.07, 6.45) is 1.48. The monoisotopic (exact) mass is 468 g/mol. The lowest BCUT2D eigenvalue weighted by Crippen LogP contribution is -2.42. The second kappa shape index (κ2) is 8.98. The molecule has 32 heavy (non-hydrogen) atoms. The van der Waals surface area contributed by atoms with Crippen LogP contribution in [0.1, 0.15) is 11.1 Å². The summed E-state index contributed by atoms with van der Waals surface area (Å²) in [5.74, 6) is -0.462. The number of carbonyl (C=O) groups is 1. The molecule has 2 aromatic carbocycles. The molecule has 2 heterocycles. The van der Waals surface area contributed by atoms with E-state index in [4.69, 9.17) is 23.2 Å². The van der Waals surface area contributed by atoms with E-state index >= 15 is 0 Å². The summed E-state index contributed by atoms with van der Waals surface area (Å²) in [6.45, 7) is 1.71. The highest BCUT2D eigenvalue weighted by molar-refractivity contribution is 6.42. The highest BCUT2D eigenvalue weighted by Crippen LogP contribution is 2.25. The van der Waals surface area contributed by atoms with E-state index in [-0.39, 0.29) is 24.1 Å². The molecule has 0 spiro atoms. The minimum atomic E-state index is -0.597. The smallest absolute Gasteiger partial charge is 0.324 e. The zero-order valence-electron chi connectivity index (χ0n) is 17.0. The number of pyridine rings is 1. The number of hydrogen-bond acceptors (Lipinski definition) is 4. The maximum Gasteiger partial charge on any atom is 0.332 e.